The van der Waals surface area contributed by atoms with E-state index in [9.17, 15) is 9.50 Å². The fourth-order valence-corrected chi connectivity index (χ4v) is 5.87. The Balaban J connectivity index is 1.30. The molecule has 0 amide bonds. The summed E-state index contributed by atoms with van der Waals surface area (Å²) in [5, 5.41) is 11.7. The topological polar surface area (TPSA) is 59.0 Å². The molecule has 7 nitrogen and oxygen atoms in total. The Morgan fingerprint density at radius 1 is 1.09 bits per heavy atom. The maximum absolute atomic E-state index is 14.4. The van der Waals surface area contributed by atoms with E-state index in [0.29, 0.717) is 12.5 Å². The number of aromatic nitrogens is 2. The number of halogens is 2. The molecule has 190 valence electrons. The van der Waals surface area contributed by atoms with Gasteiger partial charge in [0.15, 0.2) is 0 Å². The lowest BCUT2D eigenvalue weighted by atomic mass is 9.94. The van der Waals surface area contributed by atoms with E-state index < -0.39 is 12.0 Å². The van der Waals surface area contributed by atoms with Gasteiger partial charge in [0.2, 0.25) is 0 Å². The SMILES string of the molecule is C[C@@H]1CCc2ncnc(N3CCN(C(O)[C@@H](CN4CCN(C)CC4)c4ccc(Cl)c(F)c4)CC3)c21. The first kappa shape index (κ1) is 24.8. The number of rotatable bonds is 6. The van der Waals surface area contributed by atoms with Crippen molar-refractivity contribution < 1.29 is 9.50 Å². The Kier molecular flexibility index (Phi) is 7.55. The molecule has 3 heterocycles. The van der Waals surface area contributed by atoms with Crippen molar-refractivity contribution in [1.82, 2.24) is 24.7 Å². The minimum absolute atomic E-state index is 0.113. The van der Waals surface area contributed by atoms with Crippen LogP contribution in [0.3, 0.4) is 0 Å². The molecule has 5 rings (SSSR count). The van der Waals surface area contributed by atoms with Crippen LogP contribution in [0.1, 0.15) is 42.0 Å². The van der Waals surface area contributed by atoms with Gasteiger partial charge in [-0.1, -0.05) is 24.6 Å². The number of aryl methyl sites for hydroxylation is 1. The lowest BCUT2D eigenvalue weighted by Gasteiger charge is -2.42. The summed E-state index contributed by atoms with van der Waals surface area (Å²) in [5.74, 6) is 0.886. The Morgan fingerprint density at radius 2 is 1.83 bits per heavy atom. The monoisotopic (exact) mass is 502 g/mol. The van der Waals surface area contributed by atoms with Crippen LogP contribution in [0.25, 0.3) is 0 Å². The molecule has 0 bridgehead atoms. The summed E-state index contributed by atoms with van der Waals surface area (Å²) in [6.45, 7) is 9.87. The summed E-state index contributed by atoms with van der Waals surface area (Å²) in [4.78, 5) is 18.3. The van der Waals surface area contributed by atoms with E-state index in [1.807, 2.05) is 6.07 Å². The van der Waals surface area contributed by atoms with E-state index >= 15 is 0 Å². The number of hydrogen-bond acceptors (Lipinski definition) is 7. The summed E-state index contributed by atoms with van der Waals surface area (Å²) in [6.07, 6.45) is 3.14. The van der Waals surface area contributed by atoms with Crippen LogP contribution in [0.4, 0.5) is 10.2 Å². The van der Waals surface area contributed by atoms with Crippen LogP contribution in [0.5, 0.6) is 0 Å². The van der Waals surface area contributed by atoms with Gasteiger partial charge in [-0.25, -0.2) is 14.4 Å². The third kappa shape index (κ3) is 5.32. The van der Waals surface area contributed by atoms with Crippen molar-refractivity contribution in [3.63, 3.8) is 0 Å². The Morgan fingerprint density at radius 3 is 2.54 bits per heavy atom. The summed E-state index contributed by atoms with van der Waals surface area (Å²) in [6, 6.07) is 4.95. The van der Waals surface area contributed by atoms with E-state index in [1.54, 1.807) is 12.4 Å². The standard InChI is InChI=1S/C26H36ClFN6O/c1-18-3-6-23-24(18)25(30-17-29-23)33-11-13-34(14-12-33)26(35)20(16-32-9-7-31(2)8-10-32)19-4-5-21(27)22(28)15-19/h4-5,15,17-18,20,26,35H,3,6-14,16H2,1-2H3/t18-,20+,26?/m1/s1. The van der Waals surface area contributed by atoms with E-state index in [1.165, 1.54) is 17.3 Å². The first-order chi connectivity index (χ1) is 16.9. The zero-order valence-corrected chi connectivity index (χ0v) is 21.5. The molecule has 35 heavy (non-hydrogen) atoms. The van der Waals surface area contributed by atoms with Gasteiger partial charge >= 0.3 is 0 Å². The zero-order valence-electron chi connectivity index (χ0n) is 20.7. The fraction of sp³-hybridized carbons (Fsp3) is 0.615. The number of aliphatic hydroxyl groups excluding tert-OH is 1. The second kappa shape index (κ2) is 10.6. The van der Waals surface area contributed by atoms with Gasteiger partial charge < -0.3 is 19.8 Å². The van der Waals surface area contributed by atoms with Gasteiger partial charge in [-0.15, -0.1) is 0 Å². The van der Waals surface area contributed by atoms with Gasteiger partial charge in [-0.2, -0.15) is 0 Å². The highest BCUT2D eigenvalue weighted by molar-refractivity contribution is 6.30. The molecular formula is C26H36ClFN6O. The normalized spacial score (nSPS) is 23.9. The summed E-state index contributed by atoms with van der Waals surface area (Å²) >= 11 is 5.97. The maximum atomic E-state index is 14.4. The Bertz CT molecular complexity index is 1020. The average Bonchev–Trinajstić information content (AvgIpc) is 3.26. The molecular weight excluding hydrogens is 467 g/mol. The molecule has 0 radical (unpaired) electrons. The highest BCUT2D eigenvalue weighted by Crippen LogP contribution is 2.37. The van der Waals surface area contributed by atoms with E-state index in [0.717, 1.165) is 76.6 Å². The molecule has 2 saturated heterocycles. The lowest BCUT2D eigenvalue weighted by molar-refractivity contribution is -0.0301. The van der Waals surface area contributed by atoms with Gasteiger partial charge in [0.25, 0.3) is 0 Å². The molecule has 1 aromatic heterocycles. The van der Waals surface area contributed by atoms with Crippen molar-refractivity contribution in [1.29, 1.82) is 0 Å². The van der Waals surface area contributed by atoms with Crippen molar-refractivity contribution in [2.75, 3.05) is 70.9 Å². The highest BCUT2D eigenvalue weighted by Gasteiger charge is 2.34. The van der Waals surface area contributed by atoms with Crippen LogP contribution < -0.4 is 4.90 Å². The van der Waals surface area contributed by atoms with Crippen LogP contribution >= 0.6 is 11.6 Å². The Labute approximate surface area is 212 Å². The second-order valence-corrected chi connectivity index (χ2v) is 10.7. The van der Waals surface area contributed by atoms with E-state index in [4.69, 9.17) is 11.6 Å². The van der Waals surface area contributed by atoms with Crippen LogP contribution in [0, 0.1) is 5.82 Å². The van der Waals surface area contributed by atoms with Crippen LogP contribution in [-0.2, 0) is 6.42 Å². The van der Waals surface area contributed by atoms with E-state index in [-0.39, 0.29) is 10.9 Å². The lowest BCUT2D eigenvalue weighted by Crippen LogP contribution is -2.54. The molecule has 2 aliphatic heterocycles. The third-order valence-corrected chi connectivity index (χ3v) is 8.33. The molecule has 3 aliphatic rings. The molecule has 1 N–H and O–H groups in total. The number of anilines is 1. The minimum atomic E-state index is -0.701. The number of nitrogens with zero attached hydrogens (tertiary/aromatic N) is 6. The second-order valence-electron chi connectivity index (χ2n) is 10.3. The van der Waals surface area contributed by atoms with Crippen molar-refractivity contribution in [3.8, 4) is 0 Å². The fourth-order valence-electron chi connectivity index (χ4n) is 5.75. The predicted molar refractivity (Wildman–Crippen MR) is 137 cm³/mol. The molecule has 0 saturated carbocycles. The summed E-state index contributed by atoms with van der Waals surface area (Å²) < 4.78 is 14.4. The maximum Gasteiger partial charge on any atom is 0.142 e. The number of piperazine rings is 2. The smallest absolute Gasteiger partial charge is 0.142 e. The first-order valence-electron chi connectivity index (χ1n) is 12.8. The van der Waals surface area contributed by atoms with Crippen LogP contribution in [-0.4, -0.2) is 102 Å². The molecule has 2 aromatic rings. The van der Waals surface area contributed by atoms with Gasteiger partial charge in [0.1, 0.15) is 24.2 Å². The molecule has 1 aliphatic carbocycles. The number of hydrogen-bond donors (Lipinski definition) is 1. The first-order valence-corrected chi connectivity index (χ1v) is 13.1. The van der Waals surface area contributed by atoms with Gasteiger partial charge in [-0.05, 0) is 43.5 Å². The van der Waals surface area contributed by atoms with Crippen LogP contribution in [0.15, 0.2) is 24.5 Å². The highest BCUT2D eigenvalue weighted by atomic mass is 35.5. The van der Waals surface area contributed by atoms with Gasteiger partial charge in [0, 0.05) is 76.1 Å². The number of benzene rings is 1. The molecule has 3 atom stereocenters. The summed E-state index contributed by atoms with van der Waals surface area (Å²) in [5.41, 5.74) is 3.27. The third-order valence-electron chi connectivity index (χ3n) is 8.02. The average molecular weight is 503 g/mol. The van der Waals surface area contributed by atoms with Crippen molar-refractivity contribution in [2.45, 2.75) is 37.8 Å². The zero-order chi connectivity index (χ0) is 24.5. The molecule has 9 heteroatoms. The molecule has 1 unspecified atom stereocenters. The Hall–Kier alpha value is -1.84. The number of aliphatic hydroxyl groups is 1. The largest absolute Gasteiger partial charge is 0.378 e. The van der Waals surface area contributed by atoms with Crippen molar-refractivity contribution in [3.05, 3.63) is 52.2 Å². The van der Waals surface area contributed by atoms with Gasteiger partial charge in [0.05, 0.1) is 5.02 Å². The predicted octanol–water partition coefficient (Wildman–Crippen LogP) is 2.79. The molecule has 0 spiro atoms. The van der Waals surface area contributed by atoms with Gasteiger partial charge in [-0.3, -0.25) is 4.90 Å². The number of fused-ring (bicyclic) bond motifs is 1. The minimum Gasteiger partial charge on any atom is -0.378 e. The van der Waals surface area contributed by atoms with Crippen LogP contribution in [0.2, 0.25) is 5.02 Å². The number of likely N-dealkylation sites (N-methyl/N-ethyl adjacent to an activating group) is 1. The molecule has 2 fully saturated rings. The quantitative estimate of drug-likeness (QED) is 0.651. The summed E-state index contributed by atoms with van der Waals surface area (Å²) in [7, 11) is 2.13. The van der Waals surface area contributed by atoms with Crippen molar-refractivity contribution >= 4 is 17.4 Å². The van der Waals surface area contributed by atoms with E-state index in [2.05, 4.69) is 43.5 Å². The molecule has 1 aromatic carbocycles. The van der Waals surface area contributed by atoms with Crippen molar-refractivity contribution in [2.24, 2.45) is 0 Å².